The van der Waals surface area contributed by atoms with Crippen LogP contribution in [-0.4, -0.2) is 69.0 Å². The monoisotopic (exact) mass is 483 g/mol. The Balaban J connectivity index is 1.45. The van der Waals surface area contributed by atoms with Gasteiger partial charge in [-0.05, 0) is 12.1 Å². The number of hydrogen-bond acceptors (Lipinski definition) is 12. The van der Waals surface area contributed by atoms with Crippen molar-refractivity contribution >= 4 is 38.9 Å². The molecule has 0 spiro atoms. The van der Waals surface area contributed by atoms with E-state index in [1.54, 1.807) is 0 Å². The summed E-state index contributed by atoms with van der Waals surface area (Å²) in [7, 11) is -4.75. The predicted octanol–water partition coefficient (Wildman–Crippen LogP) is -1.56. The summed E-state index contributed by atoms with van der Waals surface area (Å²) in [5.74, 6) is -2.29. The average Bonchev–Trinajstić information content (AvgIpc) is 3.29. The van der Waals surface area contributed by atoms with Crippen LogP contribution in [0.5, 0.6) is 0 Å². The van der Waals surface area contributed by atoms with Crippen LogP contribution in [0.1, 0.15) is 16.6 Å². The normalized spacial score (nSPS) is 23.1. The summed E-state index contributed by atoms with van der Waals surface area (Å²) in [4.78, 5) is 24.0. The van der Waals surface area contributed by atoms with Gasteiger partial charge < -0.3 is 26.4 Å². The highest BCUT2D eigenvalue weighted by Crippen LogP contribution is 2.32. The number of aromatic nitrogens is 4. The van der Waals surface area contributed by atoms with Gasteiger partial charge in [0.05, 0.1) is 18.5 Å². The van der Waals surface area contributed by atoms with Gasteiger partial charge in [-0.2, -0.15) is 8.42 Å². The van der Waals surface area contributed by atoms with Crippen molar-refractivity contribution in [3.05, 3.63) is 42.2 Å². The van der Waals surface area contributed by atoms with E-state index in [0.29, 0.717) is 0 Å². The second-order valence-corrected chi connectivity index (χ2v) is 8.35. The lowest BCUT2D eigenvalue weighted by molar-refractivity contribution is -0.0468. The third-order valence-electron chi connectivity index (χ3n) is 4.88. The molecular formula is C17H18FN7O7S. The topological polar surface area (TPSA) is 218 Å². The molecular weight excluding hydrogens is 465 g/mol. The molecule has 0 unspecified atom stereocenters. The number of nitrogens with one attached hydrogen (secondary N) is 1. The molecule has 3 aromatic rings. The van der Waals surface area contributed by atoms with Gasteiger partial charge in [0.15, 0.2) is 17.7 Å². The van der Waals surface area contributed by atoms with Gasteiger partial charge in [-0.25, -0.2) is 24.1 Å². The van der Waals surface area contributed by atoms with Crippen molar-refractivity contribution in [1.82, 2.24) is 24.2 Å². The summed E-state index contributed by atoms with van der Waals surface area (Å²) in [5.41, 5.74) is 10.7. The molecule has 16 heteroatoms. The number of carbonyl (C=O) groups excluding carboxylic acids is 1. The molecule has 3 heterocycles. The number of halogens is 1. The van der Waals surface area contributed by atoms with E-state index in [1.807, 2.05) is 0 Å². The number of fused-ring (bicyclic) bond motifs is 1. The van der Waals surface area contributed by atoms with Gasteiger partial charge in [0.25, 0.3) is 5.91 Å². The van der Waals surface area contributed by atoms with Crippen LogP contribution in [0.3, 0.4) is 0 Å². The number of imidazole rings is 1. The Hall–Kier alpha value is -3.44. The second-order valence-electron chi connectivity index (χ2n) is 7.00. The van der Waals surface area contributed by atoms with Gasteiger partial charge in [-0.15, -0.1) is 0 Å². The Morgan fingerprint density at radius 3 is 2.73 bits per heavy atom. The lowest BCUT2D eigenvalue weighted by Crippen LogP contribution is -2.38. The predicted molar refractivity (Wildman–Crippen MR) is 109 cm³/mol. The van der Waals surface area contributed by atoms with Crippen LogP contribution in [0.25, 0.3) is 11.2 Å². The summed E-state index contributed by atoms with van der Waals surface area (Å²) in [6.45, 7) is -0.784. The minimum absolute atomic E-state index is 0.0870. The first-order valence-electron chi connectivity index (χ1n) is 9.29. The molecule has 1 saturated heterocycles. The number of nitrogen functional groups attached to an aromatic ring is 2. The maximum Gasteiger partial charge on any atom is 0.362 e. The third kappa shape index (κ3) is 4.29. The number of carbonyl (C=O) groups is 1. The molecule has 14 nitrogen and oxygen atoms in total. The number of ether oxygens (including phenoxy) is 1. The summed E-state index contributed by atoms with van der Waals surface area (Å²) in [6.07, 6.45) is -3.18. The van der Waals surface area contributed by atoms with Crippen LogP contribution in [0.15, 0.2) is 30.9 Å². The molecule has 0 aliphatic carbocycles. The lowest BCUT2D eigenvalue weighted by atomic mass is 10.1. The molecule has 4 rings (SSSR count). The average molecular weight is 483 g/mol. The quantitative estimate of drug-likeness (QED) is 0.251. The van der Waals surface area contributed by atoms with E-state index in [4.69, 9.17) is 16.2 Å². The van der Waals surface area contributed by atoms with E-state index >= 15 is 0 Å². The highest BCUT2D eigenvalue weighted by molar-refractivity contribution is 7.85. The van der Waals surface area contributed by atoms with Crippen molar-refractivity contribution < 1.29 is 36.7 Å². The van der Waals surface area contributed by atoms with E-state index in [0.717, 1.165) is 6.07 Å². The van der Waals surface area contributed by atoms with Crippen molar-refractivity contribution in [3.63, 3.8) is 0 Å². The van der Waals surface area contributed by atoms with Crippen molar-refractivity contribution in [3.8, 4) is 0 Å². The smallest absolute Gasteiger partial charge is 0.362 e. The van der Waals surface area contributed by atoms with Crippen LogP contribution in [0, 0.1) is 5.82 Å². The third-order valence-corrected chi connectivity index (χ3v) is 5.76. The van der Waals surface area contributed by atoms with Crippen LogP contribution in [0.4, 0.5) is 15.9 Å². The zero-order chi connectivity index (χ0) is 23.9. The largest absolute Gasteiger partial charge is 0.398 e. The Labute approximate surface area is 185 Å². The van der Waals surface area contributed by atoms with Gasteiger partial charge in [0.2, 0.25) is 0 Å². The standard InChI is InChI=1S/C17H18FN7O7S/c18-7-2-1-3-8(19)10(7)16(28)24-33(29,30)31-4-9-12(26)13(27)17(32-9)25-6-23-11-14(20)21-5-22-15(11)25/h1-3,5-6,9,12-13,17,26-27H,4,19H2,(H,24,28)(H2,20,21,22)/t9-,12-,13-,17-/m1/s1. The molecule has 1 fully saturated rings. The molecule has 1 amide bonds. The first kappa shape index (κ1) is 22.7. The Morgan fingerprint density at radius 2 is 2.00 bits per heavy atom. The number of anilines is 2. The number of benzene rings is 1. The molecule has 0 saturated carbocycles. The highest BCUT2D eigenvalue weighted by atomic mass is 32.2. The lowest BCUT2D eigenvalue weighted by Gasteiger charge is -2.16. The molecule has 33 heavy (non-hydrogen) atoms. The van der Waals surface area contributed by atoms with Gasteiger partial charge in [0.1, 0.15) is 36.0 Å². The fraction of sp³-hybridized carbons (Fsp3) is 0.294. The minimum atomic E-state index is -4.75. The van der Waals surface area contributed by atoms with E-state index in [-0.39, 0.29) is 22.7 Å². The number of aliphatic hydroxyl groups is 2. The molecule has 1 aliphatic rings. The Morgan fingerprint density at radius 1 is 1.24 bits per heavy atom. The second kappa shape index (κ2) is 8.49. The van der Waals surface area contributed by atoms with Crippen molar-refractivity contribution in [2.45, 2.75) is 24.5 Å². The fourth-order valence-electron chi connectivity index (χ4n) is 3.28. The van der Waals surface area contributed by atoms with Crippen LogP contribution in [-0.2, 0) is 19.2 Å². The van der Waals surface area contributed by atoms with E-state index in [1.165, 1.54) is 34.1 Å². The van der Waals surface area contributed by atoms with Crippen molar-refractivity contribution in [1.29, 1.82) is 0 Å². The van der Waals surface area contributed by atoms with Gasteiger partial charge in [-0.1, -0.05) is 6.07 Å². The number of amides is 1. The summed E-state index contributed by atoms with van der Waals surface area (Å²) < 4.78 is 51.2. The summed E-state index contributed by atoms with van der Waals surface area (Å²) >= 11 is 0. The first-order valence-corrected chi connectivity index (χ1v) is 10.7. The molecule has 176 valence electrons. The van der Waals surface area contributed by atoms with Crippen molar-refractivity contribution in [2.75, 3.05) is 18.1 Å². The van der Waals surface area contributed by atoms with E-state index in [9.17, 15) is 27.8 Å². The number of hydrogen-bond donors (Lipinski definition) is 5. The highest BCUT2D eigenvalue weighted by Gasteiger charge is 2.45. The zero-order valence-electron chi connectivity index (χ0n) is 16.6. The Bertz CT molecular complexity index is 1300. The number of nitrogens with zero attached hydrogens (tertiary/aromatic N) is 4. The van der Waals surface area contributed by atoms with E-state index in [2.05, 4.69) is 19.1 Å². The molecule has 2 aromatic heterocycles. The Kier molecular flexibility index (Phi) is 5.85. The zero-order valence-corrected chi connectivity index (χ0v) is 17.4. The van der Waals surface area contributed by atoms with Gasteiger partial charge in [0, 0.05) is 5.69 Å². The molecule has 0 radical (unpaired) electrons. The van der Waals surface area contributed by atoms with Crippen LogP contribution < -0.4 is 16.2 Å². The number of rotatable bonds is 6. The number of nitrogens with two attached hydrogens (primary N) is 2. The fourth-order valence-corrected chi connectivity index (χ4v) is 3.99. The van der Waals surface area contributed by atoms with Crippen LogP contribution in [0.2, 0.25) is 0 Å². The molecule has 4 atom stereocenters. The maximum atomic E-state index is 13.8. The molecule has 7 N–H and O–H groups in total. The first-order chi connectivity index (χ1) is 15.6. The molecule has 0 bridgehead atoms. The summed E-state index contributed by atoms with van der Waals surface area (Å²) in [5, 5.41) is 20.7. The van der Waals surface area contributed by atoms with Crippen LogP contribution >= 0.6 is 0 Å². The van der Waals surface area contributed by atoms with Gasteiger partial charge >= 0.3 is 10.3 Å². The molecule has 1 aromatic carbocycles. The maximum absolute atomic E-state index is 13.8. The SMILES string of the molecule is Nc1cccc(F)c1C(=O)NS(=O)(=O)OC[C@H]1O[C@@H](n2cnc3c(N)ncnc32)[C@H](O)[C@@H]1O. The number of aliphatic hydroxyl groups excluding tert-OH is 2. The van der Waals surface area contributed by atoms with E-state index < -0.39 is 58.7 Å². The molecule has 1 aliphatic heterocycles. The minimum Gasteiger partial charge on any atom is -0.398 e. The summed E-state index contributed by atoms with van der Waals surface area (Å²) in [6, 6.07) is 3.40. The van der Waals surface area contributed by atoms with Gasteiger partial charge in [-0.3, -0.25) is 13.5 Å². The van der Waals surface area contributed by atoms with Crippen molar-refractivity contribution in [2.24, 2.45) is 0 Å².